The molecule has 0 atom stereocenters. The molecule has 0 N–H and O–H groups in total. The van der Waals surface area contributed by atoms with Crippen molar-refractivity contribution in [3.63, 3.8) is 0 Å². The van der Waals surface area contributed by atoms with E-state index in [0.717, 1.165) is 6.07 Å². The zero-order valence-electron chi connectivity index (χ0n) is 11.9. The summed E-state index contributed by atoms with van der Waals surface area (Å²) in [6, 6.07) is 9.66. The summed E-state index contributed by atoms with van der Waals surface area (Å²) in [6.45, 7) is 0. The lowest BCUT2D eigenvalue weighted by atomic mass is 10.1. The van der Waals surface area contributed by atoms with Gasteiger partial charge in [-0.2, -0.15) is 5.26 Å². The standard InChI is InChI=1S/C16H7ClFN3O3/c17-13-6-11(2-3-14(13)18)24-16-9(7-19)8-20-15-4-1-10(21(22)23)5-12(15)16/h1-6,8H. The number of nitro groups is 1. The van der Waals surface area contributed by atoms with E-state index < -0.39 is 10.7 Å². The Morgan fingerprint density at radius 1 is 1.29 bits per heavy atom. The summed E-state index contributed by atoms with van der Waals surface area (Å²) in [5.41, 5.74) is 0.340. The van der Waals surface area contributed by atoms with Crippen molar-refractivity contribution in [1.29, 1.82) is 5.26 Å². The van der Waals surface area contributed by atoms with Crippen LogP contribution >= 0.6 is 11.6 Å². The fourth-order valence-corrected chi connectivity index (χ4v) is 2.29. The molecular formula is C16H7ClFN3O3. The molecule has 0 bridgehead atoms. The van der Waals surface area contributed by atoms with Gasteiger partial charge in [-0.15, -0.1) is 0 Å². The number of pyridine rings is 1. The molecule has 0 radical (unpaired) electrons. The van der Waals surface area contributed by atoms with E-state index in [1.807, 2.05) is 6.07 Å². The van der Waals surface area contributed by atoms with Crippen LogP contribution < -0.4 is 4.74 Å². The fraction of sp³-hybridized carbons (Fsp3) is 0. The Morgan fingerprint density at radius 2 is 2.08 bits per heavy atom. The lowest BCUT2D eigenvalue weighted by molar-refractivity contribution is -0.384. The monoisotopic (exact) mass is 343 g/mol. The second-order valence-electron chi connectivity index (χ2n) is 4.75. The summed E-state index contributed by atoms with van der Waals surface area (Å²) in [5, 5.41) is 20.4. The first kappa shape index (κ1) is 15.6. The third-order valence-corrected chi connectivity index (χ3v) is 3.53. The van der Waals surface area contributed by atoms with Gasteiger partial charge in [-0.1, -0.05) is 11.6 Å². The van der Waals surface area contributed by atoms with E-state index in [4.69, 9.17) is 16.3 Å². The molecule has 0 fully saturated rings. The van der Waals surface area contributed by atoms with Crippen molar-refractivity contribution < 1.29 is 14.1 Å². The van der Waals surface area contributed by atoms with Gasteiger partial charge in [0, 0.05) is 24.4 Å². The van der Waals surface area contributed by atoms with E-state index in [2.05, 4.69) is 4.98 Å². The maximum atomic E-state index is 13.3. The molecule has 0 aliphatic carbocycles. The van der Waals surface area contributed by atoms with Crippen LogP contribution in [-0.4, -0.2) is 9.91 Å². The predicted octanol–water partition coefficient (Wildman–Crippen LogP) is 4.60. The predicted molar refractivity (Wildman–Crippen MR) is 84.6 cm³/mol. The van der Waals surface area contributed by atoms with E-state index in [-0.39, 0.29) is 27.8 Å². The van der Waals surface area contributed by atoms with Gasteiger partial charge in [0.1, 0.15) is 23.2 Å². The molecule has 1 heterocycles. The van der Waals surface area contributed by atoms with E-state index in [1.54, 1.807) is 0 Å². The average Bonchev–Trinajstić information content (AvgIpc) is 2.58. The van der Waals surface area contributed by atoms with Crippen LogP contribution in [0.3, 0.4) is 0 Å². The number of hydrogen-bond donors (Lipinski definition) is 0. The number of nitriles is 1. The Balaban J connectivity index is 2.19. The highest BCUT2D eigenvalue weighted by Crippen LogP contribution is 2.35. The number of benzene rings is 2. The maximum absolute atomic E-state index is 13.3. The molecule has 0 amide bonds. The Hall–Kier alpha value is -3.24. The van der Waals surface area contributed by atoms with E-state index in [9.17, 15) is 19.8 Å². The molecule has 0 aliphatic rings. The summed E-state index contributed by atoms with van der Waals surface area (Å²) in [6.07, 6.45) is 1.30. The SMILES string of the molecule is N#Cc1cnc2ccc([N+](=O)[O-])cc2c1Oc1ccc(F)c(Cl)c1. The first-order valence-electron chi connectivity index (χ1n) is 6.60. The zero-order valence-corrected chi connectivity index (χ0v) is 12.6. The van der Waals surface area contributed by atoms with E-state index >= 15 is 0 Å². The summed E-state index contributed by atoms with van der Waals surface area (Å²) in [4.78, 5) is 14.5. The highest BCUT2D eigenvalue weighted by Gasteiger charge is 2.16. The molecule has 8 heteroatoms. The molecule has 3 aromatic rings. The molecule has 118 valence electrons. The minimum absolute atomic E-state index is 0.0865. The highest BCUT2D eigenvalue weighted by molar-refractivity contribution is 6.30. The van der Waals surface area contributed by atoms with E-state index in [0.29, 0.717) is 10.9 Å². The van der Waals surface area contributed by atoms with Crippen LogP contribution in [0.1, 0.15) is 5.56 Å². The smallest absolute Gasteiger partial charge is 0.270 e. The number of halogens is 2. The van der Waals surface area contributed by atoms with Gasteiger partial charge >= 0.3 is 0 Å². The lowest BCUT2D eigenvalue weighted by Gasteiger charge is -2.10. The van der Waals surface area contributed by atoms with Gasteiger partial charge in [0.05, 0.1) is 20.8 Å². The van der Waals surface area contributed by atoms with Gasteiger partial charge < -0.3 is 4.74 Å². The summed E-state index contributed by atoms with van der Waals surface area (Å²) >= 11 is 5.72. The molecule has 0 spiro atoms. The first-order chi connectivity index (χ1) is 11.5. The normalized spacial score (nSPS) is 10.4. The molecule has 6 nitrogen and oxygen atoms in total. The second kappa shape index (κ2) is 6.10. The third kappa shape index (κ3) is 2.83. The van der Waals surface area contributed by atoms with Crippen molar-refractivity contribution in [3.05, 3.63) is 69.1 Å². The van der Waals surface area contributed by atoms with Crippen LogP contribution in [0.2, 0.25) is 5.02 Å². The van der Waals surface area contributed by atoms with Gasteiger partial charge in [0.15, 0.2) is 5.75 Å². The van der Waals surface area contributed by atoms with Crippen LogP contribution in [0, 0.1) is 27.3 Å². The van der Waals surface area contributed by atoms with Crippen molar-refractivity contribution in [2.75, 3.05) is 0 Å². The zero-order chi connectivity index (χ0) is 17.3. The minimum atomic E-state index is -0.611. The Morgan fingerprint density at radius 3 is 2.75 bits per heavy atom. The highest BCUT2D eigenvalue weighted by atomic mass is 35.5. The number of ether oxygens (including phenoxy) is 1. The van der Waals surface area contributed by atoms with Gasteiger partial charge in [0.25, 0.3) is 5.69 Å². The number of nitro benzene ring substituents is 1. The Bertz CT molecular complexity index is 1020. The number of rotatable bonds is 3. The van der Waals surface area contributed by atoms with Crippen molar-refractivity contribution in [1.82, 2.24) is 4.98 Å². The molecule has 0 unspecified atom stereocenters. The second-order valence-corrected chi connectivity index (χ2v) is 5.16. The van der Waals surface area contributed by atoms with Crippen LogP contribution in [0.4, 0.5) is 10.1 Å². The third-order valence-electron chi connectivity index (χ3n) is 3.24. The lowest BCUT2D eigenvalue weighted by Crippen LogP contribution is -1.94. The largest absolute Gasteiger partial charge is 0.455 e. The van der Waals surface area contributed by atoms with Gasteiger partial charge in [-0.3, -0.25) is 15.1 Å². The maximum Gasteiger partial charge on any atom is 0.270 e. The number of fused-ring (bicyclic) bond motifs is 1. The molecule has 0 saturated carbocycles. The van der Waals surface area contributed by atoms with Gasteiger partial charge in [-0.05, 0) is 18.2 Å². The molecule has 0 saturated heterocycles. The van der Waals surface area contributed by atoms with Gasteiger partial charge in [0.2, 0.25) is 0 Å². The number of aromatic nitrogens is 1. The molecule has 1 aromatic heterocycles. The number of hydrogen-bond acceptors (Lipinski definition) is 5. The van der Waals surface area contributed by atoms with Crippen molar-refractivity contribution in [3.8, 4) is 17.6 Å². The summed E-state index contributed by atoms with van der Waals surface area (Å²) < 4.78 is 18.9. The molecule has 24 heavy (non-hydrogen) atoms. The topological polar surface area (TPSA) is 89.0 Å². The minimum Gasteiger partial charge on any atom is -0.455 e. The first-order valence-corrected chi connectivity index (χ1v) is 6.97. The van der Waals surface area contributed by atoms with Crippen molar-refractivity contribution in [2.45, 2.75) is 0 Å². The molecule has 2 aromatic carbocycles. The van der Waals surface area contributed by atoms with Crippen LogP contribution in [-0.2, 0) is 0 Å². The van der Waals surface area contributed by atoms with Crippen LogP contribution in [0.25, 0.3) is 10.9 Å². The van der Waals surface area contributed by atoms with E-state index in [1.165, 1.54) is 36.5 Å². The van der Waals surface area contributed by atoms with Crippen LogP contribution in [0.15, 0.2) is 42.6 Å². The van der Waals surface area contributed by atoms with Gasteiger partial charge in [-0.25, -0.2) is 4.39 Å². The summed E-state index contributed by atoms with van der Waals surface area (Å²) in [5.74, 6) is -0.328. The van der Waals surface area contributed by atoms with Crippen molar-refractivity contribution in [2.24, 2.45) is 0 Å². The molecular weight excluding hydrogens is 337 g/mol. The van der Waals surface area contributed by atoms with Crippen molar-refractivity contribution >= 4 is 28.2 Å². The van der Waals surface area contributed by atoms with Crippen LogP contribution in [0.5, 0.6) is 11.5 Å². The summed E-state index contributed by atoms with van der Waals surface area (Å²) in [7, 11) is 0. The fourth-order valence-electron chi connectivity index (χ4n) is 2.12. The number of non-ortho nitro benzene ring substituents is 1. The molecule has 0 aliphatic heterocycles. The molecule has 3 rings (SSSR count). The Labute approximate surface area is 139 Å². The quantitative estimate of drug-likeness (QED) is 0.512. The Kier molecular flexibility index (Phi) is 3.98. The number of nitrogens with zero attached hydrogens (tertiary/aromatic N) is 3. The average molecular weight is 344 g/mol.